The first-order valence-corrected chi connectivity index (χ1v) is 9.81. The lowest BCUT2D eigenvalue weighted by Gasteiger charge is -2.34. The first-order chi connectivity index (χ1) is 13.3. The Morgan fingerprint density at radius 1 is 1.04 bits per heavy atom. The minimum absolute atomic E-state index is 0.0381. The molecule has 1 aliphatic rings. The maximum absolute atomic E-state index is 12.8. The summed E-state index contributed by atoms with van der Waals surface area (Å²) in [5.74, 6) is -0.257. The number of nitro groups is 1. The molecule has 10 heteroatoms. The zero-order valence-corrected chi connectivity index (χ0v) is 15.5. The third-order valence-corrected chi connectivity index (χ3v) is 6.41. The van der Waals surface area contributed by atoms with Gasteiger partial charge in [-0.05, 0) is 30.3 Å². The molecule has 0 saturated carbocycles. The molecule has 2 aromatic rings. The predicted molar refractivity (Wildman–Crippen MR) is 98.9 cm³/mol. The van der Waals surface area contributed by atoms with Gasteiger partial charge in [0.2, 0.25) is 10.0 Å². The Morgan fingerprint density at radius 2 is 1.64 bits per heavy atom. The van der Waals surface area contributed by atoms with Gasteiger partial charge in [0.1, 0.15) is 0 Å². The third-order valence-electron chi connectivity index (χ3n) is 4.47. The Hall–Kier alpha value is -3.29. The van der Waals surface area contributed by atoms with E-state index in [-0.39, 0.29) is 37.0 Å². The fraction of sp³-hybridized carbons (Fsp3) is 0.222. The van der Waals surface area contributed by atoms with Crippen molar-refractivity contribution in [3.8, 4) is 6.07 Å². The van der Waals surface area contributed by atoms with Gasteiger partial charge in [0.25, 0.3) is 11.6 Å². The highest BCUT2D eigenvalue weighted by Gasteiger charge is 2.34. The van der Waals surface area contributed by atoms with E-state index < -0.39 is 20.6 Å². The van der Waals surface area contributed by atoms with E-state index >= 15 is 0 Å². The molecular weight excluding hydrogens is 384 g/mol. The van der Waals surface area contributed by atoms with Crippen LogP contribution in [0.25, 0.3) is 0 Å². The number of nitrogens with zero attached hydrogens (tertiary/aromatic N) is 4. The number of nitriles is 1. The zero-order chi connectivity index (χ0) is 20.3. The first kappa shape index (κ1) is 19.5. The fourth-order valence-electron chi connectivity index (χ4n) is 2.97. The van der Waals surface area contributed by atoms with Crippen LogP contribution in [0.4, 0.5) is 5.69 Å². The molecule has 0 spiro atoms. The number of para-hydroxylation sites is 1. The minimum atomic E-state index is -4.04. The van der Waals surface area contributed by atoms with Gasteiger partial charge in [-0.15, -0.1) is 0 Å². The molecule has 2 aromatic carbocycles. The normalized spacial score (nSPS) is 15.0. The third kappa shape index (κ3) is 3.71. The van der Waals surface area contributed by atoms with Gasteiger partial charge in [-0.1, -0.05) is 12.1 Å². The minimum Gasteiger partial charge on any atom is -0.336 e. The van der Waals surface area contributed by atoms with E-state index in [2.05, 4.69) is 0 Å². The summed E-state index contributed by atoms with van der Waals surface area (Å²) in [5, 5.41) is 20.0. The molecule has 1 fully saturated rings. The van der Waals surface area contributed by atoms with Crippen molar-refractivity contribution in [3.05, 3.63) is 69.8 Å². The molecule has 28 heavy (non-hydrogen) atoms. The monoisotopic (exact) mass is 400 g/mol. The van der Waals surface area contributed by atoms with Gasteiger partial charge in [-0.2, -0.15) is 9.57 Å². The maximum Gasteiger partial charge on any atom is 0.289 e. The van der Waals surface area contributed by atoms with Gasteiger partial charge in [-0.25, -0.2) is 8.42 Å². The van der Waals surface area contributed by atoms with Crippen LogP contribution in [0.3, 0.4) is 0 Å². The summed E-state index contributed by atoms with van der Waals surface area (Å²) in [7, 11) is -4.04. The Bertz CT molecular complexity index is 1050. The lowest BCUT2D eigenvalue weighted by atomic mass is 10.1. The molecule has 0 aromatic heterocycles. The van der Waals surface area contributed by atoms with Gasteiger partial charge >= 0.3 is 0 Å². The SMILES string of the molecule is N#Cc1ccc(C(=O)N2CCN(S(=O)(=O)c3ccccc3[N+](=O)[O-])CC2)cc1. The molecule has 1 amide bonds. The van der Waals surface area contributed by atoms with Crippen molar-refractivity contribution < 1.29 is 18.1 Å². The Morgan fingerprint density at radius 3 is 2.21 bits per heavy atom. The summed E-state index contributed by atoms with van der Waals surface area (Å²) in [6.45, 7) is 0.407. The van der Waals surface area contributed by atoms with Crippen molar-refractivity contribution in [2.75, 3.05) is 26.2 Å². The highest BCUT2D eigenvalue weighted by molar-refractivity contribution is 7.89. The number of amides is 1. The average Bonchev–Trinajstić information content (AvgIpc) is 2.73. The van der Waals surface area contributed by atoms with E-state index in [0.29, 0.717) is 11.1 Å². The van der Waals surface area contributed by atoms with Gasteiger partial charge in [0, 0.05) is 37.8 Å². The van der Waals surface area contributed by atoms with Crippen LogP contribution in [0, 0.1) is 21.4 Å². The lowest BCUT2D eigenvalue weighted by molar-refractivity contribution is -0.387. The molecule has 0 aliphatic carbocycles. The van der Waals surface area contributed by atoms with Crippen molar-refractivity contribution in [1.29, 1.82) is 5.26 Å². The fourth-order valence-corrected chi connectivity index (χ4v) is 4.55. The van der Waals surface area contributed by atoms with Crippen LogP contribution in [-0.2, 0) is 10.0 Å². The van der Waals surface area contributed by atoms with Gasteiger partial charge in [-0.3, -0.25) is 14.9 Å². The maximum atomic E-state index is 12.8. The van der Waals surface area contributed by atoms with Crippen molar-refractivity contribution >= 4 is 21.6 Å². The van der Waals surface area contributed by atoms with Gasteiger partial charge < -0.3 is 4.90 Å². The standard InChI is InChI=1S/C18H16N4O5S/c19-13-14-5-7-15(8-6-14)18(23)20-9-11-21(12-10-20)28(26,27)17-4-2-1-3-16(17)22(24)25/h1-8H,9-12H2. The van der Waals surface area contributed by atoms with Crippen LogP contribution in [0.5, 0.6) is 0 Å². The summed E-state index contributed by atoms with van der Waals surface area (Å²) in [6, 6.07) is 13.4. The zero-order valence-electron chi connectivity index (χ0n) is 14.7. The topological polar surface area (TPSA) is 125 Å². The Balaban J connectivity index is 1.73. The molecule has 0 N–H and O–H groups in total. The Kier molecular flexibility index (Phi) is 5.39. The molecule has 1 saturated heterocycles. The van der Waals surface area contributed by atoms with E-state index in [1.165, 1.54) is 23.1 Å². The van der Waals surface area contributed by atoms with Crippen LogP contribution in [0.2, 0.25) is 0 Å². The second kappa shape index (κ2) is 7.75. The van der Waals surface area contributed by atoms with Crippen LogP contribution in [-0.4, -0.2) is 54.6 Å². The summed E-state index contributed by atoms with van der Waals surface area (Å²) in [4.78, 5) is 24.1. The smallest absolute Gasteiger partial charge is 0.289 e. The summed E-state index contributed by atoms with van der Waals surface area (Å²) in [5.41, 5.74) is 0.379. The largest absolute Gasteiger partial charge is 0.336 e. The van der Waals surface area contributed by atoms with E-state index in [4.69, 9.17) is 5.26 Å². The molecule has 9 nitrogen and oxygen atoms in total. The van der Waals surface area contributed by atoms with Crippen molar-refractivity contribution in [2.45, 2.75) is 4.90 Å². The molecule has 144 valence electrons. The van der Waals surface area contributed by atoms with E-state index in [1.807, 2.05) is 6.07 Å². The number of hydrogen-bond donors (Lipinski definition) is 0. The van der Waals surface area contributed by atoms with Crippen molar-refractivity contribution in [3.63, 3.8) is 0 Å². The molecule has 0 bridgehead atoms. The summed E-state index contributed by atoms with van der Waals surface area (Å²) in [6.07, 6.45) is 0. The number of carbonyl (C=O) groups is 1. The average molecular weight is 400 g/mol. The van der Waals surface area contributed by atoms with Crippen LogP contribution in [0.15, 0.2) is 53.4 Å². The quantitative estimate of drug-likeness (QED) is 0.567. The molecule has 1 heterocycles. The molecule has 0 unspecified atom stereocenters. The van der Waals surface area contributed by atoms with Crippen molar-refractivity contribution in [2.24, 2.45) is 0 Å². The summed E-state index contributed by atoms with van der Waals surface area (Å²) < 4.78 is 26.8. The number of benzene rings is 2. The van der Waals surface area contributed by atoms with E-state index in [0.717, 1.165) is 10.4 Å². The summed E-state index contributed by atoms with van der Waals surface area (Å²) >= 11 is 0. The predicted octanol–water partition coefficient (Wildman–Crippen LogP) is 1.61. The van der Waals surface area contributed by atoms with Crippen LogP contribution >= 0.6 is 0 Å². The second-order valence-electron chi connectivity index (χ2n) is 6.11. The number of nitro benzene ring substituents is 1. The van der Waals surface area contributed by atoms with E-state index in [9.17, 15) is 23.3 Å². The van der Waals surface area contributed by atoms with Crippen LogP contribution < -0.4 is 0 Å². The Labute approximate surface area is 161 Å². The molecular formula is C18H16N4O5S. The first-order valence-electron chi connectivity index (χ1n) is 8.37. The number of piperazine rings is 1. The molecule has 1 aliphatic heterocycles. The van der Waals surface area contributed by atoms with Crippen molar-refractivity contribution in [1.82, 2.24) is 9.21 Å². The van der Waals surface area contributed by atoms with Gasteiger partial charge in [0.05, 0.1) is 16.6 Å². The molecule has 0 atom stereocenters. The number of hydrogen-bond acceptors (Lipinski definition) is 6. The van der Waals surface area contributed by atoms with E-state index in [1.54, 1.807) is 24.3 Å². The molecule has 0 radical (unpaired) electrons. The highest BCUT2D eigenvalue weighted by atomic mass is 32.2. The lowest BCUT2D eigenvalue weighted by Crippen LogP contribution is -2.50. The number of sulfonamides is 1. The highest BCUT2D eigenvalue weighted by Crippen LogP contribution is 2.27. The second-order valence-corrected chi connectivity index (χ2v) is 8.02. The van der Waals surface area contributed by atoms with Crippen LogP contribution in [0.1, 0.15) is 15.9 Å². The van der Waals surface area contributed by atoms with Gasteiger partial charge in [0.15, 0.2) is 4.90 Å². The number of carbonyl (C=O) groups excluding carboxylic acids is 1. The number of rotatable bonds is 4. The molecule has 3 rings (SSSR count).